The van der Waals surface area contributed by atoms with Crippen molar-refractivity contribution in [3.63, 3.8) is 0 Å². The van der Waals surface area contributed by atoms with Crippen molar-refractivity contribution in [2.75, 3.05) is 39.9 Å². The third-order valence-electron chi connectivity index (χ3n) is 4.86. The molecule has 1 atom stereocenters. The normalized spacial score (nSPS) is 17.4. The van der Waals surface area contributed by atoms with Crippen molar-refractivity contribution < 1.29 is 14.6 Å². The molecule has 1 N–H and O–H groups in total. The largest absolute Gasteiger partial charge is 0.496 e. The number of carbonyl (C=O) groups excluding carboxylic acids is 1. The van der Waals surface area contributed by atoms with Gasteiger partial charge in [0, 0.05) is 38.3 Å². The summed E-state index contributed by atoms with van der Waals surface area (Å²) in [6.07, 6.45) is 3.38. The van der Waals surface area contributed by atoms with Crippen LogP contribution in [0, 0.1) is 0 Å². The molecular formula is C20H30N2O3. The van der Waals surface area contributed by atoms with Crippen molar-refractivity contribution in [3.05, 3.63) is 41.5 Å². The summed E-state index contributed by atoms with van der Waals surface area (Å²) in [6, 6.07) is 8.10. The number of aliphatic hydroxyl groups excluding tert-OH is 1. The molecule has 1 saturated heterocycles. The number of allylic oxidation sites excluding steroid dienone is 1. The van der Waals surface area contributed by atoms with Gasteiger partial charge in [0.2, 0.25) is 5.91 Å². The minimum atomic E-state index is 0.0732. The third kappa shape index (κ3) is 5.31. The highest BCUT2D eigenvalue weighted by Crippen LogP contribution is 2.20. The molecule has 2 rings (SSSR count). The van der Waals surface area contributed by atoms with Crippen LogP contribution in [-0.2, 0) is 11.2 Å². The number of carbonyl (C=O) groups is 1. The Bertz CT molecular complexity index is 588. The van der Waals surface area contributed by atoms with E-state index in [0.717, 1.165) is 36.4 Å². The van der Waals surface area contributed by atoms with Crippen molar-refractivity contribution in [1.29, 1.82) is 0 Å². The average Bonchev–Trinajstić information content (AvgIpc) is 2.63. The Morgan fingerprint density at radius 2 is 1.96 bits per heavy atom. The Kier molecular flexibility index (Phi) is 7.47. The summed E-state index contributed by atoms with van der Waals surface area (Å²) in [5, 5.41) is 9.41. The Balaban J connectivity index is 1.92. The van der Waals surface area contributed by atoms with Gasteiger partial charge in [0.1, 0.15) is 5.75 Å². The molecule has 1 heterocycles. The molecule has 1 aliphatic rings. The molecular weight excluding hydrogens is 316 g/mol. The molecule has 1 unspecified atom stereocenters. The zero-order chi connectivity index (χ0) is 18.2. The Morgan fingerprint density at radius 3 is 2.56 bits per heavy atom. The molecule has 5 nitrogen and oxygen atoms in total. The van der Waals surface area contributed by atoms with Crippen LogP contribution in [-0.4, -0.2) is 66.8 Å². The van der Waals surface area contributed by atoms with Crippen LogP contribution in [0.5, 0.6) is 5.75 Å². The topological polar surface area (TPSA) is 53.0 Å². The number of ether oxygens (including phenoxy) is 1. The first kappa shape index (κ1) is 19.5. The Labute approximate surface area is 150 Å². The van der Waals surface area contributed by atoms with E-state index in [-0.39, 0.29) is 18.6 Å². The number of para-hydroxylation sites is 1. The Morgan fingerprint density at radius 1 is 1.28 bits per heavy atom. The van der Waals surface area contributed by atoms with Crippen molar-refractivity contribution >= 4 is 5.91 Å². The monoisotopic (exact) mass is 346 g/mol. The fourth-order valence-corrected chi connectivity index (χ4v) is 3.31. The molecule has 1 aromatic carbocycles. The fraction of sp³-hybridized carbons (Fsp3) is 0.550. The van der Waals surface area contributed by atoms with Gasteiger partial charge in [-0.3, -0.25) is 9.69 Å². The molecule has 1 amide bonds. The third-order valence-corrected chi connectivity index (χ3v) is 4.86. The zero-order valence-corrected chi connectivity index (χ0v) is 15.6. The highest BCUT2D eigenvalue weighted by molar-refractivity contribution is 5.88. The lowest BCUT2D eigenvalue weighted by molar-refractivity contribution is -0.128. The zero-order valence-electron chi connectivity index (χ0n) is 15.6. The van der Waals surface area contributed by atoms with E-state index in [9.17, 15) is 9.90 Å². The van der Waals surface area contributed by atoms with Crippen LogP contribution in [0.1, 0.15) is 25.8 Å². The molecule has 25 heavy (non-hydrogen) atoms. The summed E-state index contributed by atoms with van der Waals surface area (Å²) in [5.74, 6) is 0.926. The summed E-state index contributed by atoms with van der Waals surface area (Å²) in [6.45, 7) is 7.33. The molecule has 0 bridgehead atoms. The molecule has 1 aliphatic heterocycles. The smallest absolute Gasteiger partial charge is 0.246 e. The van der Waals surface area contributed by atoms with E-state index in [1.807, 2.05) is 36.1 Å². The van der Waals surface area contributed by atoms with E-state index < -0.39 is 0 Å². The number of rotatable bonds is 7. The minimum absolute atomic E-state index is 0.0732. The number of hydrogen-bond acceptors (Lipinski definition) is 4. The number of methoxy groups -OCH3 is 1. The summed E-state index contributed by atoms with van der Waals surface area (Å²) in [4.78, 5) is 16.7. The van der Waals surface area contributed by atoms with Crippen LogP contribution in [0.3, 0.4) is 0 Å². The van der Waals surface area contributed by atoms with Gasteiger partial charge in [0.25, 0.3) is 0 Å². The number of nitrogens with zero attached hydrogens (tertiary/aromatic N) is 2. The standard InChI is InChI=1S/C20H30N2O3/c1-4-18(15-23)21-9-11-22(12-10-21)20(24)14-16(2)13-17-7-5-6-8-19(17)25-3/h5-8,14,18,23H,4,9-13,15H2,1-3H3/b16-14-. The van der Waals surface area contributed by atoms with Gasteiger partial charge in [-0.2, -0.15) is 0 Å². The molecule has 1 aromatic rings. The summed E-state index contributed by atoms with van der Waals surface area (Å²) < 4.78 is 5.37. The van der Waals surface area contributed by atoms with Crippen LogP contribution in [0.4, 0.5) is 0 Å². The SMILES string of the molecule is CCC(CO)N1CCN(C(=O)/C=C(/C)Cc2ccccc2OC)CC1. The maximum atomic E-state index is 12.5. The lowest BCUT2D eigenvalue weighted by Gasteiger charge is -2.38. The first-order valence-electron chi connectivity index (χ1n) is 9.01. The van der Waals surface area contributed by atoms with Crippen molar-refractivity contribution in [2.45, 2.75) is 32.7 Å². The molecule has 0 saturated carbocycles. The highest BCUT2D eigenvalue weighted by Gasteiger charge is 2.24. The highest BCUT2D eigenvalue weighted by atomic mass is 16.5. The van der Waals surface area contributed by atoms with Gasteiger partial charge < -0.3 is 14.7 Å². The van der Waals surface area contributed by atoms with Gasteiger partial charge >= 0.3 is 0 Å². The molecule has 0 aromatic heterocycles. The number of piperazine rings is 1. The van der Waals surface area contributed by atoms with E-state index in [2.05, 4.69) is 11.8 Å². The van der Waals surface area contributed by atoms with E-state index in [4.69, 9.17) is 4.74 Å². The second-order valence-electron chi connectivity index (χ2n) is 6.59. The van der Waals surface area contributed by atoms with Gasteiger partial charge in [-0.1, -0.05) is 30.7 Å². The van der Waals surface area contributed by atoms with Gasteiger partial charge in [-0.15, -0.1) is 0 Å². The van der Waals surface area contributed by atoms with Crippen molar-refractivity contribution in [1.82, 2.24) is 9.80 Å². The number of amides is 1. The van der Waals surface area contributed by atoms with Gasteiger partial charge in [0.15, 0.2) is 0 Å². The molecule has 0 spiro atoms. The van der Waals surface area contributed by atoms with Gasteiger partial charge in [-0.25, -0.2) is 0 Å². The van der Waals surface area contributed by atoms with E-state index in [0.29, 0.717) is 19.5 Å². The lowest BCUT2D eigenvalue weighted by Crippen LogP contribution is -2.52. The maximum absolute atomic E-state index is 12.5. The first-order chi connectivity index (χ1) is 12.1. The minimum Gasteiger partial charge on any atom is -0.496 e. The van der Waals surface area contributed by atoms with Crippen LogP contribution >= 0.6 is 0 Å². The van der Waals surface area contributed by atoms with Crippen LogP contribution < -0.4 is 4.74 Å². The molecule has 138 valence electrons. The number of aliphatic hydroxyl groups is 1. The second-order valence-corrected chi connectivity index (χ2v) is 6.59. The molecule has 5 heteroatoms. The van der Waals surface area contributed by atoms with Crippen molar-refractivity contribution in [3.8, 4) is 5.75 Å². The first-order valence-corrected chi connectivity index (χ1v) is 9.01. The van der Waals surface area contributed by atoms with Crippen molar-refractivity contribution in [2.24, 2.45) is 0 Å². The molecule has 1 fully saturated rings. The maximum Gasteiger partial charge on any atom is 0.246 e. The van der Waals surface area contributed by atoms with E-state index >= 15 is 0 Å². The van der Waals surface area contributed by atoms with Gasteiger partial charge in [0.05, 0.1) is 13.7 Å². The van der Waals surface area contributed by atoms with Crippen LogP contribution in [0.15, 0.2) is 35.9 Å². The predicted octanol–water partition coefficient (Wildman–Crippen LogP) is 2.10. The Hall–Kier alpha value is -1.85. The number of benzene rings is 1. The van der Waals surface area contributed by atoms with Gasteiger partial charge in [-0.05, 0) is 31.4 Å². The summed E-state index contributed by atoms with van der Waals surface area (Å²) >= 11 is 0. The molecule has 0 aliphatic carbocycles. The summed E-state index contributed by atoms with van der Waals surface area (Å²) in [7, 11) is 1.67. The molecule has 0 radical (unpaired) electrons. The lowest BCUT2D eigenvalue weighted by atomic mass is 10.0. The van der Waals surface area contributed by atoms with E-state index in [1.165, 1.54) is 0 Å². The van der Waals surface area contributed by atoms with E-state index in [1.54, 1.807) is 13.2 Å². The average molecular weight is 346 g/mol. The second kappa shape index (κ2) is 9.59. The quantitative estimate of drug-likeness (QED) is 0.768. The predicted molar refractivity (Wildman–Crippen MR) is 99.8 cm³/mol. The summed E-state index contributed by atoms with van der Waals surface area (Å²) in [5.41, 5.74) is 2.11. The van der Waals surface area contributed by atoms with Crippen LogP contribution in [0.25, 0.3) is 0 Å². The van der Waals surface area contributed by atoms with Crippen LogP contribution in [0.2, 0.25) is 0 Å². The number of hydrogen-bond donors (Lipinski definition) is 1. The fourth-order valence-electron chi connectivity index (χ4n) is 3.31.